The summed E-state index contributed by atoms with van der Waals surface area (Å²) in [5.74, 6) is 0. The molecule has 0 unspecified atom stereocenters. The van der Waals surface area contributed by atoms with Crippen LogP contribution in [0.3, 0.4) is 0 Å². The molecule has 0 amide bonds. The standard InChI is InChI=1S/C11H15F3N2/c1-15-7-9-5-3-4-6-10(9)16(2)8-11(12,13)14/h3-6,15H,7-8H2,1-2H3. The van der Waals surface area contributed by atoms with Gasteiger partial charge < -0.3 is 10.2 Å². The van der Waals surface area contributed by atoms with Crippen LogP contribution in [-0.4, -0.2) is 26.8 Å². The number of nitrogens with one attached hydrogen (secondary N) is 1. The number of para-hydroxylation sites is 1. The van der Waals surface area contributed by atoms with E-state index in [1.165, 1.54) is 11.9 Å². The van der Waals surface area contributed by atoms with Gasteiger partial charge in [-0.15, -0.1) is 0 Å². The Balaban J connectivity index is 2.85. The highest BCUT2D eigenvalue weighted by atomic mass is 19.4. The van der Waals surface area contributed by atoms with Crippen molar-refractivity contribution in [1.82, 2.24) is 5.32 Å². The molecule has 0 radical (unpaired) electrons. The molecule has 1 N–H and O–H groups in total. The van der Waals surface area contributed by atoms with Gasteiger partial charge in [-0.05, 0) is 18.7 Å². The molecule has 0 aliphatic carbocycles. The van der Waals surface area contributed by atoms with Gasteiger partial charge in [-0.3, -0.25) is 0 Å². The second-order valence-corrected chi connectivity index (χ2v) is 3.63. The Morgan fingerprint density at radius 3 is 2.44 bits per heavy atom. The molecule has 0 heterocycles. The Bertz CT molecular complexity index is 336. The van der Waals surface area contributed by atoms with Crippen molar-refractivity contribution >= 4 is 5.69 Å². The number of hydrogen-bond acceptors (Lipinski definition) is 2. The second kappa shape index (κ2) is 5.21. The quantitative estimate of drug-likeness (QED) is 0.857. The number of rotatable bonds is 4. The molecular weight excluding hydrogens is 217 g/mol. The first-order chi connectivity index (χ1) is 7.44. The summed E-state index contributed by atoms with van der Waals surface area (Å²) in [6, 6.07) is 7.07. The Kier molecular flexibility index (Phi) is 4.18. The first-order valence-electron chi connectivity index (χ1n) is 4.94. The molecule has 0 saturated carbocycles. The zero-order valence-electron chi connectivity index (χ0n) is 9.30. The van der Waals surface area contributed by atoms with Crippen LogP contribution in [-0.2, 0) is 6.54 Å². The van der Waals surface area contributed by atoms with Crippen molar-refractivity contribution in [2.45, 2.75) is 12.7 Å². The second-order valence-electron chi connectivity index (χ2n) is 3.63. The molecular formula is C11H15F3N2. The molecule has 90 valence electrons. The van der Waals surface area contributed by atoms with Crippen molar-refractivity contribution in [3.05, 3.63) is 29.8 Å². The van der Waals surface area contributed by atoms with E-state index in [1.54, 1.807) is 19.2 Å². The summed E-state index contributed by atoms with van der Waals surface area (Å²) in [4.78, 5) is 1.21. The van der Waals surface area contributed by atoms with Gasteiger partial charge in [0.05, 0.1) is 0 Å². The maximum absolute atomic E-state index is 12.3. The molecule has 1 rings (SSSR count). The van der Waals surface area contributed by atoms with E-state index in [0.717, 1.165) is 5.56 Å². The van der Waals surface area contributed by atoms with Gasteiger partial charge in [0.15, 0.2) is 0 Å². The van der Waals surface area contributed by atoms with Gasteiger partial charge in [-0.2, -0.15) is 13.2 Å². The van der Waals surface area contributed by atoms with Crippen molar-refractivity contribution in [2.75, 3.05) is 25.5 Å². The molecule has 0 saturated heterocycles. The minimum absolute atomic E-state index is 0.554. The minimum atomic E-state index is -4.18. The van der Waals surface area contributed by atoms with Gasteiger partial charge in [0, 0.05) is 19.3 Å². The lowest BCUT2D eigenvalue weighted by Gasteiger charge is -2.23. The minimum Gasteiger partial charge on any atom is -0.365 e. The fourth-order valence-electron chi connectivity index (χ4n) is 1.58. The molecule has 0 bridgehead atoms. The molecule has 5 heteroatoms. The van der Waals surface area contributed by atoms with Crippen molar-refractivity contribution in [2.24, 2.45) is 0 Å². The van der Waals surface area contributed by atoms with Gasteiger partial charge in [-0.1, -0.05) is 18.2 Å². The summed E-state index contributed by atoms with van der Waals surface area (Å²) < 4.78 is 36.8. The highest BCUT2D eigenvalue weighted by Gasteiger charge is 2.29. The van der Waals surface area contributed by atoms with E-state index in [0.29, 0.717) is 12.2 Å². The Morgan fingerprint density at radius 1 is 1.25 bits per heavy atom. The zero-order valence-corrected chi connectivity index (χ0v) is 9.30. The van der Waals surface area contributed by atoms with Crippen LogP contribution in [0, 0.1) is 0 Å². The summed E-state index contributed by atoms with van der Waals surface area (Å²) in [7, 11) is 3.21. The lowest BCUT2D eigenvalue weighted by molar-refractivity contribution is -0.119. The van der Waals surface area contributed by atoms with Crippen LogP contribution in [0.25, 0.3) is 0 Å². The van der Waals surface area contributed by atoms with E-state index in [2.05, 4.69) is 5.32 Å². The van der Waals surface area contributed by atoms with E-state index in [-0.39, 0.29) is 0 Å². The van der Waals surface area contributed by atoms with Gasteiger partial charge in [0.25, 0.3) is 0 Å². The highest BCUT2D eigenvalue weighted by Crippen LogP contribution is 2.23. The van der Waals surface area contributed by atoms with Crippen molar-refractivity contribution in [3.63, 3.8) is 0 Å². The zero-order chi connectivity index (χ0) is 12.2. The van der Waals surface area contributed by atoms with E-state index < -0.39 is 12.7 Å². The van der Waals surface area contributed by atoms with Crippen LogP contribution in [0.2, 0.25) is 0 Å². The topological polar surface area (TPSA) is 15.3 Å². The molecule has 16 heavy (non-hydrogen) atoms. The fraction of sp³-hybridized carbons (Fsp3) is 0.455. The largest absolute Gasteiger partial charge is 0.405 e. The Hall–Kier alpha value is -1.23. The van der Waals surface area contributed by atoms with E-state index in [9.17, 15) is 13.2 Å². The third-order valence-corrected chi connectivity index (χ3v) is 2.19. The van der Waals surface area contributed by atoms with E-state index >= 15 is 0 Å². The van der Waals surface area contributed by atoms with Crippen molar-refractivity contribution in [3.8, 4) is 0 Å². The van der Waals surface area contributed by atoms with Crippen LogP contribution in [0.15, 0.2) is 24.3 Å². The molecule has 0 aliphatic heterocycles. The third kappa shape index (κ3) is 3.73. The van der Waals surface area contributed by atoms with Crippen LogP contribution in [0.5, 0.6) is 0 Å². The fourth-order valence-corrected chi connectivity index (χ4v) is 1.58. The number of anilines is 1. The molecule has 0 aliphatic rings. The summed E-state index contributed by atoms with van der Waals surface area (Å²) in [5.41, 5.74) is 1.46. The molecule has 0 atom stereocenters. The van der Waals surface area contributed by atoms with Crippen molar-refractivity contribution in [1.29, 1.82) is 0 Å². The van der Waals surface area contributed by atoms with Gasteiger partial charge >= 0.3 is 6.18 Å². The molecule has 1 aromatic carbocycles. The number of alkyl halides is 3. The highest BCUT2D eigenvalue weighted by molar-refractivity contribution is 5.53. The number of nitrogens with zero attached hydrogens (tertiary/aromatic N) is 1. The van der Waals surface area contributed by atoms with Crippen LogP contribution in [0.1, 0.15) is 5.56 Å². The monoisotopic (exact) mass is 232 g/mol. The Labute approximate surface area is 93.1 Å². The summed E-state index contributed by atoms with van der Waals surface area (Å²) in [6.07, 6.45) is -4.18. The number of benzene rings is 1. The number of halogens is 3. The molecule has 0 fully saturated rings. The lowest BCUT2D eigenvalue weighted by atomic mass is 10.1. The molecule has 0 spiro atoms. The maximum Gasteiger partial charge on any atom is 0.405 e. The predicted octanol–water partition coefficient (Wildman–Crippen LogP) is 2.40. The SMILES string of the molecule is CNCc1ccccc1N(C)CC(F)(F)F. The molecule has 0 aromatic heterocycles. The third-order valence-electron chi connectivity index (χ3n) is 2.19. The average Bonchev–Trinajstić information content (AvgIpc) is 2.16. The smallest absolute Gasteiger partial charge is 0.365 e. The van der Waals surface area contributed by atoms with Gasteiger partial charge in [0.2, 0.25) is 0 Å². The van der Waals surface area contributed by atoms with Crippen LogP contribution >= 0.6 is 0 Å². The summed E-state index contributed by atoms with van der Waals surface area (Å²) >= 11 is 0. The first kappa shape index (κ1) is 12.8. The Morgan fingerprint density at radius 2 is 1.88 bits per heavy atom. The molecule has 1 aromatic rings. The summed E-state index contributed by atoms with van der Waals surface area (Å²) in [6.45, 7) is -0.383. The first-order valence-corrected chi connectivity index (χ1v) is 4.94. The van der Waals surface area contributed by atoms with E-state index in [4.69, 9.17) is 0 Å². The van der Waals surface area contributed by atoms with E-state index in [1.807, 2.05) is 12.1 Å². The lowest BCUT2D eigenvalue weighted by Crippen LogP contribution is -2.31. The average molecular weight is 232 g/mol. The summed E-state index contributed by atoms with van der Waals surface area (Å²) in [5, 5.41) is 2.93. The normalized spacial score (nSPS) is 11.6. The van der Waals surface area contributed by atoms with Gasteiger partial charge in [-0.25, -0.2) is 0 Å². The number of hydrogen-bond donors (Lipinski definition) is 1. The maximum atomic E-state index is 12.3. The van der Waals surface area contributed by atoms with Crippen LogP contribution in [0.4, 0.5) is 18.9 Å². The van der Waals surface area contributed by atoms with Crippen molar-refractivity contribution < 1.29 is 13.2 Å². The molecule has 2 nitrogen and oxygen atoms in total. The predicted molar refractivity (Wildman–Crippen MR) is 58.5 cm³/mol. The van der Waals surface area contributed by atoms with Gasteiger partial charge in [0.1, 0.15) is 6.54 Å². The van der Waals surface area contributed by atoms with Crippen LogP contribution < -0.4 is 10.2 Å².